The van der Waals surface area contributed by atoms with Gasteiger partial charge in [0.25, 0.3) is 0 Å². The lowest BCUT2D eigenvalue weighted by Gasteiger charge is -2.41. The second-order valence-electron chi connectivity index (χ2n) is 5.50. The molecular formula is C12H21NO2S. The standard InChI is InChI=1S/C12H21NO2S/c1-9(14)10(2)15-12(6-13)5-11(3,4)7-16-8-12/h9-10,14H,5,7-8H2,1-4H3. The summed E-state index contributed by atoms with van der Waals surface area (Å²) in [5, 5.41) is 18.8. The molecule has 3 nitrogen and oxygen atoms in total. The molecular weight excluding hydrogens is 222 g/mol. The van der Waals surface area contributed by atoms with Gasteiger partial charge in [0.05, 0.1) is 18.3 Å². The molecule has 1 aliphatic heterocycles. The highest BCUT2D eigenvalue weighted by molar-refractivity contribution is 7.99. The normalized spacial score (nSPS) is 32.8. The second-order valence-corrected chi connectivity index (χ2v) is 6.49. The number of aliphatic hydroxyl groups is 1. The first-order valence-electron chi connectivity index (χ1n) is 5.65. The van der Waals surface area contributed by atoms with E-state index in [1.807, 2.05) is 6.92 Å². The number of thioether (sulfide) groups is 1. The molecule has 0 radical (unpaired) electrons. The summed E-state index contributed by atoms with van der Waals surface area (Å²) >= 11 is 1.76. The molecule has 0 saturated carbocycles. The summed E-state index contributed by atoms with van der Waals surface area (Å²) in [7, 11) is 0. The van der Waals surface area contributed by atoms with E-state index < -0.39 is 11.7 Å². The van der Waals surface area contributed by atoms with E-state index in [0.717, 1.165) is 12.2 Å². The molecule has 0 bridgehead atoms. The average molecular weight is 243 g/mol. The average Bonchev–Trinajstić information content (AvgIpc) is 2.16. The molecule has 4 heteroatoms. The number of hydrogen-bond acceptors (Lipinski definition) is 4. The van der Waals surface area contributed by atoms with Crippen molar-refractivity contribution in [3.8, 4) is 6.07 Å². The van der Waals surface area contributed by atoms with Crippen molar-refractivity contribution in [1.82, 2.24) is 0 Å². The largest absolute Gasteiger partial charge is 0.391 e. The Morgan fingerprint density at radius 2 is 2.00 bits per heavy atom. The zero-order valence-electron chi connectivity index (χ0n) is 10.5. The lowest BCUT2D eigenvalue weighted by atomic mass is 9.82. The van der Waals surface area contributed by atoms with Gasteiger partial charge in [0.15, 0.2) is 5.60 Å². The maximum Gasteiger partial charge on any atom is 0.164 e. The Morgan fingerprint density at radius 3 is 2.44 bits per heavy atom. The van der Waals surface area contributed by atoms with Gasteiger partial charge in [-0.25, -0.2) is 0 Å². The van der Waals surface area contributed by atoms with Gasteiger partial charge in [-0.2, -0.15) is 17.0 Å². The van der Waals surface area contributed by atoms with Crippen LogP contribution in [0.4, 0.5) is 0 Å². The molecule has 0 aliphatic carbocycles. The van der Waals surface area contributed by atoms with Crippen LogP contribution in [-0.4, -0.2) is 34.4 Å². The number of nitriles is 1. The van der Waals surface area contributed by atoms with Crippen LogP contribution in [0.15, 0.2) is 0 Å². The van der Waals surface area contributed by atoms with E-state index in [1.54, 1.807) is 18.7 Å². The Kier molecular flexibility index (Phi) is 4.28. The molecule has 1 aliphatic rings. The smallest absolute Gasteiger partial charge is 0.164 e. The fourth-order valence-corrected chi connectivity index (χ4v) is 3.32. The molecule has 16 heavy (non-hydrogen) atoms. The van der Waals surface area contributed by atoms with Crippen LogP contribution in [0.3, 0.4) is 0 Å². The van der Waals surface area contributed by atoms with Gasteiger partial charge >= 0.3 is 0 Å². The van der Waals surface area contributed by atoms with E-state index in [2.05, 4.69) is 19.9 Å². The van der Waals surface area contributed by atoms with Gasteiger partial charge in [-0.3, -0.25) is 0 Å². The summed E-state index contributed by atoms with van der Waals surface area (Å²) in [5.74, 6) is 1.76. The van der Waals surface area contributed by atoms with Crippen LogP contribution in [0, 0.1) is 16.7 Å². The maximum absolute atomic E-state index is 9.45. The van der Waals surface area contributed by atoms with E-state index in [-0.39, 0.29) is 11.5 Å². The molecule has 3 unspecified atom stereocenters. The minimum atomic E-state index is -0.733. The molecule has 0 amide bonds. The van der Waals surface area contributed by atoms with Crippen molar-refractivity contribution in [3.05, 3.63) is 0 Å². The number of aliphatic hydroxyl groups excluding tert-OH is 1. The maximum atomic E-state index is 9.45. The van der Waals surface area contributed by atoms with Gasteiger partial charge in [0.1, 0.15) is 0 Å². The summed E-state index contributed by atoms with van der Waals surface area (Å²) in [4.78, 5) is 0. The molecule has 1 fully saturated rings. The number of hydrogen-bond donors (Lipinski definition) is 1. The van der Waals surface area contributed by atoms with Crippen molar-refractivity contribution in [3.63, 3.8) is 0 Å². The van der Waals surface area contributed by atoms with Gasteiger partial charge in [-0.1, -0.05) is 13.8 Å². The predicted octanol–water partition coefficient (Wildman–Crippen LogP) is 2.20. The molecule has 1 N–H and O–H groups in total. The molecule has 0 aromatic rings. The van der Waals surface area contributed by atoms with Gasteiger partial charge in [0, 0.05) is 5.75 Å². The Balaban J connectivity index is 2.75. The third kappa shape index (κ3) is 3.38. The highest BCUT2D eigenvalue weighted by atomic mass is 32.2. The topological polar surface area (TPSA) is 53.2 Å². The molecule has 0 spiro atoms. The quantitative estimate of drug-likeness (QED) is 0.825. The molecule has 1 saturated heterocycles. The minimum Gasteiger partial charge on any atom is -0.391 e. The Hall–Kier alpha value is -0.240. The minimum absolute atomic E-state index is 0.122. The monoisotopic (exact) mass is 243 g/mol. The first kappa shape index (κ1) is 13.8. The molecule has 0 aromatic heterocycles. The predicted molar refractivity (Wildman–Crippen MR) is 66.3 cm³/mol. The summed E-state index contributed by atoms with van der Waals surface area (Å²) < 4.78 is 5.79. The van der Waals surface area contributed by atoms with Crippen LogP contribution in [0.1, 0.15) is 34.1 Å². The van der Waals surface area contributed by atoms with Crippen LogP contribution >= 0.6 is 11.8 Å². The van der Waals surface area contributed by atoms with Crippen molar-refractivity contribution < 1.29 is 9.84 Å². The molecule has 1 rings (SSSR count). The lowest BCUT2D eigenvalue weighted by Crippen LogP contribution is -2.47. The fourth-order valence-electron chi connectivity index (χ4n) is 2.00. The Morgan fingerprint density at radius 1 is 1.38 bits per heavy atom. The van der Waals surface area contributed by atoms with E-state index in [1.165, 1.54) is 0 Å². The van der Waals surface area contributed by atoms with Gasteiger partial charge in [-0.15, -0.1) is 0 Å². The SMILES string of the molecule is CC(O)C(C)OC1(C#N)CSCC(C)(C)C1. The van der Waals surface area contributed by atoms with Gasteiger partial charge < -0.3 is 9.84 Å². The first-order chi connectivity index (χ1) is 7.30. The first-order valence-corrected chi connectivity index (χ1v) is 6.81. The lowest BCUT2D eigenvalue weighted by molar-refractivity contribution is -0.0998. The van der Waals surface area contributed by atoms with Crippen molar-refractivity contribution in [1.29, 1.82) is 5.26 Å². The summed E-state index contributed by atoms with van der Waals surface area (Å²) in [6, 6.07) is 2.30. The molecule has 92 valence electrons. The van der Waals surface area contributed by atoms with Crippen molar-refractivity contribution in [2.75, 3.05) is 11.5 Å². The zero-order valence-corrected chi connectivity index (χ0v) is 11.3. The van der Waals surface area contributed by atoms with E-state index >= 15 is 0 Å². The molecule has 1 heterocycles. The van der Waals surface area contributed by atoms with Crippen LogP contribution in [-0.2, 0) is 4.74 Å². The van der Waals surface area contributed by atoms with Gasteiger partial charge in [-0.05, 0) is 31.4 Å². The van der Waals surface area contributed by atoms with Gasteiger partial charge in [0.2, 0.25) is 0 Å². The number of nitrogens with zero attached hydrogens (tertiary/aromatic N) is 1. The van der Waals surface area contributed by atoms with Crippen LogP contribution < -0.4 is 0 Å². The summed E-state index contributed by atoms with van der Waals surface area (Å²) in [6.07, 6.45) is -0.102. The second kappa shape index (κ2) is 4.95. The Labute approximate surface area is 102 Å². The van der Waals surface area contributed by atoms with Crippen LogP contribution in [0.25, 0.3) is 0 Å². The fraction of sp³-hybridized carbons (Fsp3) is 0.917. The highest BCUT2D eigenvalue weighted by Gasteiger charge is 2.43. The molecule has 0 aromatic carbocycles. The number of rotatable bonds is 3. The van der Waals surface area contributed by atoms with Crippen molar-refractivity contribution in [2.45, 2.75) is 51.9 Å². The summed E-state index contributed by atoms with van der Waals surface area (Å²) in [5.41, 5.74) is -0.611. The Bertz CT molecular complexity index is 285. The van der Waals surface area contributed by atoms with Crippen LogP contribution in [0.2, 0.25) is 0 Å². The summed E-state index contributed by atoms with van der Waals surface area (Å²) in [6.45, 7) is 7.82. The zero-order chi connectivity index (χ0) is 12.4. The number of ether oxygens (including phenoxy) is 1. The van der Waals surface area contributed by atoms with E-state index in [4.69, 9.17) is 4.74 Å². The van der Waals surface area contributed by atoms with Crippen LogP contribution in [0.5, 0.6) is 0 Å². The van der Waals surface area contributed by atoms with Crippen molar-refractivity contribution >= 4 is 11.8 Å². The van der Waals surface area contributed by atoms with E-state index in [9.17, 15) is 10.4 Å². The van der Waals surface area contributed by atoms with E-state index in [0.29, 0.717) is 5.75 Å². The highest BCUT2D eigenvalue weighted by Crippen LogP contribution is 2.41. The molecule has 3 atom stereocenters. The third-order valence-electron chi connectivity index (χ3n) is 2.89. The third-order valence-corrected chi connectivity index (χ3v) is 4.54. The van der Waals surface area contributed by atoms with Crippen molar-refractivity contribution in [2.24, 2.45) is 5.41 Å².